The van der Waals surface area contributed by atoms with Gasteiger partial charge in [0.1, 0.15) is 17.5 Å². The van der Waals surface area contributed by atoms with Crippen LogP contribution in [0.5, 0.6) is 0 Å². The molecule has 1 rings (SSSR count). The van der Waals surface area contributed by atoms with Crippen molar-refractivity contribution >= 4 is 11.6 Å². The Hall–Kier alpha value is -1.32. The molecule has 4 nitrogen and oxygen atoms in total. The predicted molar refractivity (Wildman–Crippen MR) is 92.1 cm³/mol. The summed E-state index contributed by atoms with van der Waals surface area (Å²) in [7, 11) is 0. The van der Waals surface area contributed by atoms with Gasteiger partial charge in [-0.05, 0) is 33.1 Å². The molecule has 0 bridgehead atoms. The Morgan fingerprint density at radius 2 is 1.52 bits per heavy atom. The lowest BCUT2D eigenvalue weighted by Crippen LogP contribution is -2.10. The second-order valence-corrected chi connectivity index (χ2v) is 6.15. The van der Waals surface area contributed by atoms with Crippen molar-refractivity contribution in [3.8, 4) is 0 Å². The molecule has 0 aliphatic rings. The standard InChI is InChI=1S/C17H32N4/c1-6-18-16-14(4)17(21-15(5)20-16)19-12-10-8-7-9-11-13(2)3/h13H,6-12H2,1-5H3,(H2,18,19,20,21). The third-order valence-corrected chi connectivity index (χ3v) is 3.60. The van der Waals surface area contributed by atoms with Crippen molar-refractivity contribution in [3.05, 3.63) is 11.4 Å². The molecule has 0 atom stereocenters. The van der Waals surface area contributed by atoms with E-state index in [-0.39, 0.29) is 0 Å². The zero-order chi connectivity index (χ0) is 15.7. The van der Waals surface area contributed by atoms with Crippen LogP contribution < -0.4 is 10.6 Å². The average Bonchev–Trinajstić information content (AvgIpc) is 2.42. The Balaban J connectivity index is 2.35. The Morgan fingerprint density at radius 3 is 2.14 bits per heavy atom. The molecule has 120 valence electrons. The Morgan fingerprint density at radius 1 is 0.905 bits per heavy atom. The second kappa shape index (κ2) is 9.59. The maximum absolute atomic E-state index is 4.51. The number of aryl methyl sites for hydroxylation is 1. The molecular weight excluding hydrogens is 260 g/mol. The number of anilines is 2. The van der Waals surface area contributed by atoms with E-state index in [9.17, 15) is 0 Å². The van der Waals surface area contributed by atoms with Gasteiger partial charge in [0, 0.05) is 18.7 Å². The summed E-state index contributed by atoms with van der Waals surface area (Å²) in [5, 5.41) is 6.76. The first-order chi connectivity index (χ1) is 10.0. The lowest BCUT2D eigenvalue weighted by molar-refractivity contribution is 0.523. The minimum absolute atomic E-state index is 0.816. The molecule has 0 unspecified atom stereocenters. The molecule has 0 aromatic carbocycles. The molecule has 0 saturated carbocycles. The van der Waals surface area contributed by atoms with Gasteiger partial charge < -0.3 is 10.6 Å². The number of hydrogen-bond acceptors (Lipinski definition) is 4. The maximum Gasteiger partial charge on any atom is 0.134 e. The summed E-state index contributed by atoms with van der Waals surface area (Å²) >= 11 is 0. The highest BCUT2D eigenvalue weighted by molar-refractivity contribution is 5.57. The number of unbranched alkanes of at least 4 members (excludes halogenated alkanes) is 3. The van der Waals surface area contributed by atoms with Crippen LogP contribution in [0.4, 0.5) is 11.6 Å². The summed E-state index contributed by atoms with van der Waals surface area (Å²) < 4.78 is 0. The van der Waals surface area contributed by atoms with Gasteiger partial charge in [-0.3, -0.25) is 0 Å². The highest BCUT2D eigenvalue weighted by Gasteiger charge is 2.07. The van der Waals surface area contributed by atoms with Crippen molar-refractivity contribution in [3.63, 3.8) is 0 Å². The van der Waals surface area contributed by atoms with Crippen molar-refractivity contribution < 1.29 is 0 Å². The van der Waals surface area contributed by atoms with E-state index in [0.29, 0.717) is 0 Å². The van der Waals surface area contributed by atoms with Crippen LogP contribution in [-0.4, -0.2) is 23.1 Å². The molecule has 0 saturated heterocycles. The van der Waals surface area contributed by atoms with Crippen molar-refractivity contribution in [1.29, 1.82) is 0 Å². The van der Waals surface area contributed by atoms with Gasteiger partial charge in [-0.15, -0.1) is 0 Å². The largest absolute Gasteiger partial charge is 0.370 e. The fourth-order valence-corrected chi connectivity index (χ4v) is 2.38. The van der Waals surface area contributed by atoms with E-state index in [4.69, 9.17) is 0 Å². The quantitative estimate of drug-likeness (QED) is 0.621. The Labute approximate surface area is 130 Å². The molecular formula is C17H32N4. The summed E-state index contributed by atoms with van der Waals surface area (Å²) in [6, 6.07) is 0. The summed E-state index contributed by atoms with van der Waals surface area (Å²) in [6.45, 7) is 12.6. The van der Waals surface area contributed by atoms with E-state index in [1.165, 1.54) is 32.1 Å². The number of nitrogens with one attached hydrogen (secondary N) is 2. The lowest BCUT2D eigenvalue weighted by Gasteiger charge is -2.13. The minimum Gasteiger partial charge on any atom is -0.370 e. The SMILES string of the molecule is CCNc1nc(C)nc(NCCCCCCC(C)C)c1C. The van der Waals surface area contributed by atoms with Crippen LogP contribution in [0.25, 0.3) is 0 Å². The molecule has 0 fully saturated rings. The van der Waals surface area contributed by atoms with Gasteiger partial charge in [0.2, 0.25) is 0 Å². The molecule has 1 heterocycles. The Bertz CT molecular complexity index is 415. The maximum atomic E-state index is 4.51. The van der Waals surface area contributed by atoms with E-state index in [1.54, 1.807) is 0 Å². The van der Waals surface area contributed by atoms with E-state index < -0.39 is 0 Å². The zero-order valence-electron chi connectivity index (χ0n) is 14.4. The summed E-state index contributed by atoms with van der Waals surface area (Å²) in [5.74, 6) is 3.57. The highest BCUT2D eigenvalue weighted by Crippen LogP contribution is 2.19. The molecule has 21 heavy (non-hydrogen) atoms. The highest BCUT2D eigenvalue weighted by atomic mass is 15.1. The van der Waals surface area contributed by atoms with E-state index >= 15 is 0 Å². The van der Waals surface area contributed by atoms with Gasteiger partial charge in [0.15, 0.2) is 0 Å². The number of hydrogen-bond donors (Lipinski definition) is 2. The number of nitrogens with zero attached hydrogens (tertiary/aromatic N) is 2. The minimum atomic E-state index is 0.816. The Kier molecular flexibility index (Phi) is 8.09. The van der Waals surface area contributed by atoms with Crippen LogP contribution in [0, 0.1) is 19.8 Å². The normalized spacial score (nSPS) is 11.0. The topological polar surface area (TPSA) is 49.8 Å². The first-order valence-electron chi connectivity index (χ1n) is 8.37. The molecule has 1 aromatic heterocycles. The van der Waals surface area contributed by atoms with Crippen LogP contribution in [0.15, 0.2) is 0 Å². The van der Waals surface area contributed by atoms with Gasteiger partial charge in [0.05, 0.1) is 0 Å². The van der Waals surface area contributed by atoms with Crippen LogP contribution in [-0.2, 0) is 0 Å². The van der Waals surface area contributed by atoms with Crippen molar-refractivity contribution in [2.24, 2.45) is 5.92 Å². The molecule has 2 N–H and O–H groups in total. The number of rotatable bonds is 10. The summed E-state index contributed by atoms with van der Waals surface area (Å²) in [5.41, 5.74) is 1.11. The lowest BCUT2D eigenvalue weighted by atomic mass is 10.0. The van der Waals surface area contributed by atoms with Gasteiger partial charge in [-0.2, -0.15) is 0 Å². The van der Waals surface area contributed by atoms with Crippen LogP contribution in [0.3, 0.4) is 0 Å². The smallest absolute Gasteiger partial charge is 0.134 e. The molecule has 0 spiro atoms. The predicted octanol–water partition coefficient (Wildman–Crippen LogP) is 4.54. The average molecular weight is 292 g/mol. The van der Waals surface area contributed by atoms with Gasteiger partial charge >= 0.3 is 0 Å². The molecule has 4 heteroatoms. The van der Waals surface area contributed by atoms with Gasteiger partial charge in [-0.25, -0.2) is 9.97 Å². The molecule has 0 radical (unpaired) electrons. The molecule has 0 aliphatic heterocycles. The van der Waals surface area contributed by atoms with E-state index in [0.717, 1.165) is 42.0 Å². The van der Waals surface area contributed by atoms with Crippen molar-refractivity contribution in [2.75, 3.05) is 23.7 Å². The summed E-state index contributed by atoms with van der Waals surface area (Å²) in [6.07, 6.45) is 6.54. The second-order valence-electron chi connectivity index (χ2n) is 6.15. The zero-order valence-corrected chi connectivity index (χ0v) is 14.4. The summed E-state index contributed by atoms with van der Waals surface area (Å²) in [4.78, 5) is 8.96. The molecule has 0 aliphatic carbocycles. The molecule has 0 amide bonds. The van der Waals surface area contributed by atoms with Crippen LogP contribution in [0.1, 0.15) is 64.3 Å². The first-order valence-corrected chi connectivity index (χ1v) is 8.37. The number of aromatic nitrogens is 2. The van der Waals surface area contributed by atoms with Crippen molar-refractivity contribution in [2.45, 2.75) is 66.7 Å². The van der Waals surface area contributed by atoms with Crippen LogP contribution >= 0.6 is 0 Å². The van der Waals surface area contributed by atoms with Gasteiger partial charge in [-0.1, -0.05) is 39.5 Å². The van der Waals surface area contributed by atoms with Crippen molar-refractivity contribution in [1.82, 2.24) is 9.97 Å². The van der Waals surface area contributed by atoms with E-state index in [1.807, 2.05) is 6.92 Å². The fraction of sp³-hybridized carbons (Fsp3) is 0.765. The first kappa shape index (κ1) is 17.7. The third-order valence-electron chi connectivity index (χ3n) is 3.60. The van der Waals surface area contributed by atoms with Gasteiger partial charge in [0.25, 0.3) is 0 Å². The third kappa shape index (κ3) is 6.78. The molecule has 1 aromatic rings. The van der Waals surface area contributed by atoms with E-state index in [2.05, 4.69) is 48.3 Å². The monoisotopic (exact) mass is 292 g/mol. The fourth-order valence-electron chi connectivity index (χ4n) is 2.38. The van der Waals surface area contributed by atoms with Crippen LogP contribution in [0.2, 0.25) is 0 Å².